The van der Waals surface area contributed by atoms with E-state index < -0.39 is 0 Å². The molecule has 3 rings (SSSR count). The Labute approximate surface area is 113 Å². The van der Waals surface area contributed by atoms with Crippen LogP contribution in [0.4, 0.5) is 0 Å². The Morgan fingerprint density at radius 1 is 1.37 bits per heavy atom. The maximum atomic E-state index is 4.45. The van der Waals surface area contributed by atoms with Crippen LogP contribution < -0.4 is 5.32 Å². The van der Waals surface area contributed by atoms with E-state index in [9.17, 15) is 0 Å². The van der Waals surface area contributed by atoms with Gasteiger partial charge in [0.25, 0.3) is 0 Å². The van der Waals surface area contributed by atoms with Gasteiger partial charge in [0.1, 0.15) is 0 Å². The third-order valence-corrected chi connectivity index (χ3v) is 3.91. The summed E-state index contributed by atoms with van der Waals surface area (Å²) in [6.45, 7) is 2.91. The topological polar surface area (TPSA) is 42.7 Å². The molecule has 0 saturated heterocycles. The molecule has 4 heteroatoms. The lowest BCUT2D eigenvalue weighted by molar-refractivity contribution is 0.389. The highest BCUT2D eigenvalue weighted by Crippen LogP contribution is 2.29. The summed E-state index contributed by atoms with van der Waals surface area (Å²) >= 11 is 0. The van der Waals surface area contributed by atoms with E-state index in [0.717, 1.165) is 12.2 Å². The summed E-state index contributed by atoms with van der Waals surface area (Å²) in [6, 6.07) is 5.28. The summed E-state index contributed by atoms with van der Waals surface area (Å²) in [6.07, 6.45) is 11.5. The fraction of sp³-hybridized carbons (Fsp3) is 0.467. The van der Waals surface area contributed by atoms with Crippen molar-refractivity contribution in [3.63, 3.8) is 0 Å². The lowest BCUT2D eigenvalue weighted by atomic mass is 10.1. The normalized spacial score (nSPS) is 22.8. The number of nitrogens with one attached hydrogen (secondary N) is 1. The molecule has 0 bridgehead atoms. The number of pyridine rings is 1. The largest absolute Gasteiger partial charge is 0.333 e. The molecular formula is C15H20N4. The van der Waals surface area contributed by atoms with Crippen molar-refractivity contribution in [3.8, 4) is 0 Å². The number of nitrogens with zero attached hydrogens (tertiary/aromatic N) is 3. The van der Waals surface area contributed by atoms with Crippen LogP contribution in [0.25, 0.3) is 0 Å². The first kappa shape index (κ1) is 12.4. The van der Waals surface area contributed by atoms with E-state index in [1.54, 1.807) is 0 Å². The predicted octanol–water partition coefficient (Wildman–Crippen LogP) is 2.47. The van der Waals surface area contributed by atoms with Gasteiger partial charge in [-0.2, -0.15) is 0 Å². The minimum absolute atomic E-state index is 0.525. The molecule has 1 aliphatic rings. The molecule has 0 amide bonds. The van der Waals surface area contributed by atoms with E-state index in [1.165, 1.54) is 24.8 Å². The van der Waals surface area contributed by atoms with Gasteiger partial charge in [-0.1, -0.05) is 6.07 Å². The Hall–Kier alpha value is -1.68. The quantitative estimate of drug-likeness (QED) is 0.913. The van der Waals surface area contributed by atoms with Crippen LogP contribution in [0.5, 0.6) is 0 Å². The zero-order chi connectivity index (χ0) is 13.1. The standard InChI is InChI=1S/C15H20N4/c1-12-5-6-13(17-9-12)10-18-14-3-2-4-15(14)19-8-7-16-11-19/h5-9,11,14-15,18H,2-4,10H2,1H3. The van der Waals surface area contributed by atoms with Gasteiger partial charge in [0.15, 0.2) is 0 Å². The second kappa shape index (κ2) is 5.53. The average molecular weight is 256 g/mol. The summed E-state index contributed by atoms with van der Waals surface area (Å²) < 4.78 is 2.23. The number of imidazole rings is 1. The molecule has 100 valence electrons. The molecule has 0 spiro atoms. The first-order chi connectivity index (χ1) is 9.33. The van der Waals surface area contributed by atoms with Gasteiger partial charge in [-0.25, -0.2) is 4.98 Å². The molecule has 2 aromatic rings. The van der Waals surface area contributed by atoms with Crippen LogP contribution in [0.3, 0.4) is 0 Å². The summed E-state index contributed by atoms with van der Waals surface area (Å²) in [5, 5.41) is 3.64. The predicted molar refractivity (Wildman–Crippen MR) is 74.7 cm³/mol. The highest BCUT2D eigenvalue weighted by atomic mass is 15.1. The van der Waals surface area contributed by atoms with Crippen molar-refractivity contribution in [2.24, 2.45) is 0 Å². The minimum atomic E-state index is 0.525. The van der Waals surface area contributed by atoms with Gasteiger partial charge in [-0.05, 0) is 37.8 Å². The van der Waals surface area contributed by atoms with Crippen molar-refractivity contribution in [2.45, 2.75) is 44.8 Å². The van der Waals surface area contributed by atoms with Crippen molar-refractivity contribution in [1.82, 2.24) is 19.9 Å². The van der Waals surface area contributed by atoms with Gasteiger partial charge in [-0.15, -0.1) is 0 Å². The lowest BCUT2D eigenvalue weighted by Crippen LogP contribution is -2.33. The van der Waals surface area contributed by atoms with Gasteiger partial charge in [0.2, 0.25) is 0 Å². The zero-order valence-electron chi connectivity index (χ0n) is 11.3. The van der Waals surface area contributed by atoms with Crippen molar-refractivity contribution in [1.29, 1.82) is 0 Å². The van der Waals surface area contributed by atoms with Gasteiger partial charge >= 0.3 is 0 Å². The number of hydrogen-bond donors (Lipinski definition) is 1. The van der Waals surface area contributed by atoms with Crippen LogP contribution in [0.15, 0.2) is 37.1 Å². The molecule has 2 atom stereocenters. The van der Waals surface area contributed by atoms with Gasteiger partial charge in [0, 0.05) is 37.2 Å². The van der Waals surface area contributed by atoms with Crippen molar-refractivity contribution >= 4 is 0 Å². The van der Waals surface area contributed by atoms with Gasteiger partial charge in [-0.3, -0.25) is 4.98 Å². The smallest absolute Gasteiger partial charge is 0.0949 e. The van der Waals surface area contributed by atoms with Crippen LogP contribution in [-0.4, -0.2) is 20.6 Å². The number of rotatable bonds is 4. The summed E-state index contributed by atoms with van der Waals surface area (Å²) in [5.74, 6) is 0. The third kappa shape index (κ3) is 2.84. The molecular weight excluding hydrogens is 236 g/mol. The van der Waals surface area contributed by atoms with Gasteiger partial charge < -0.3 is 9.88 Å². The van der Waals surface area contributed by atoms with E-state index in [0.29, 0.717) is 12.1 Å². The van der Waals surface area contributed by atoms with Crippen LogP contribution in [0.2, 0.25) is 0 Å². The van der Waals surface area contributed by atoms with Crippen LogP contribution in [-0.2, 0) is 6.54 Å². The van der Waals surface area contributed by atoms with Crippen molar-refractivity contribution < 1.29 is 0 Å². The Morgan fingerprint density at radius 2 is 2.32 bits per heavy atom. The van der Waals surface area contributed by atoms with Crippen molar-refractivity contribution in [2.75, 3.05) is 0 Å². The summed E-state index contributed by atoms with van der Waals surface area (Å²) in [4.78, 5) is 8.60. The van der Waals surface area contributed by atoms with Crippen molar-refractivity contribution in [3.05, 3.63) is 48.3 Å². The average Bonchev–Trinajstić information content (AvgIpc) is 3.08. The monoisotopic (exact) mass is 256 g/mol. The maximum Gasteiger partial charge on any atom is 0.0949 e. The highest BCUT2D eigenvalue weighted by Gasteiger charge is 2.27. The van der Waals surface area contributed by atoms with E-state index in [4.69, 9.17) is 0 Å². The van der Waals surface area contributed by atoms with E-state index in [-0.39, 0.29) is 0 Å². The first-order valence-electron chi connectivity index (χ1n) is 6.95. The van der Waals surface area contributed by atoms with E-state index in [1.807, 2.05) is 18.7 Å². The molecule has 1 fully saturated rings. The molecule has 2 aromatic heterocycles. The third-order valence-electron chi connectivity index (χ3n) is 3.91. The molecule has 0 aliphatic heterocycles. The molecule has 1 N–H and O–H groups in total. The maximum absolute atomic E-state index is 4.45. The SMILES string of the molecule is Cc1ccc(CNC2CCCC2n2ccnc2)nc1. The van der Waals surface area contributed by atoms with Crippen LogP contribution in [0.1, 0.15) is 36.6 Å². The summed E-state index contributed by atoms with van der Waals surface area (Å²) in [7, 11) is 0. The molecule has 1 aliphatic carbocycles. The van der Waals surface area contributed by atoms with Crippen LogP contribution >= 0.6 is 0 Å². The molecule has 2 heterocycles. The Kier molecular flexibility index (Phi) is 3.60. The van der Waals surface area contributed by atoms with E-state index in [2.05, 4.69) is 45.1 Å². The number of hydrogen-bond acceptors (Lipinski definition) is 3. The van der Waals surface area contributed by atoms with E-state index >= 15 is 0 Å². The molecule has 0 aromatic carbocycles. The number of aryl methyl sites for hydroxylation is 1. The Bertz CT molecular complexity index is 503. The fourth-order valence-corrected chi connectivity index (χ4v) is 2.84. The minimum Gasteiger partial charge on any atom is -0.333 e. The number of aromatic nitrogens is 3. The molecule has 0 radical (unpaired) electrons. The van der Waals surface area contributed by atoms with Crippen LogP contribution in [0, 0.1) is 6.92 Å². The second-order valence-electron chi connectivity index (χ2n) is 5.32. The first-order valence-corrected chi connectivity index (χ1v) is 6.95. The molecule has 1 saturated carbocycles. The molecule has 19 heavy (non-hydrogen) atoms. The Balaban J connectivity index is 1.61. The molecule has 2 unspecified atom stereocenters. The highest BCUT2D eigenvalue weighted by molar-refractivity contribution is 5.12. The summed E-state index contributed by atoms with van der Waals surface area (Å²) in [5.41, 5.74) is 2.32. The Morgan fingerprint density at radius 3 is 3.05 bits per heavy atom. The zero-order valence-corrected chi connectivity index (χ0v) is 11.3. The molecule has 4 nitrogen and oxygen atoms in total. The fourth-order valence-electron chi connectivity index (χ4n) is 2.84. The lowest BCUT2D eigenvalue weighted by Gasteiger charge is -2.22. The second-order valence-corrected chi connectivity index (χ2v) is 5.32. The van der Waals surface area contributed by atoms with Gasteiger partial charge in [0.05, 0.1) is 12.0 Å².